The number of halogens is 4. The molecule has 23 heavy (non-hydrogen) atoms. The van der Waals surface area contributed by atoms with Gasteiger partial charge in [-0.15, -0.1) is 0 Å². The fourth-order valence-electron chi connectivity index (χ4n) is 2.05. The molecule has 0 spiro atoms. The van der Waals surface area contributed by atoms with Gasteiger partial charge in [0.2, 0.25) is 0 Å². The summed E-state index contributed by atoms with van der Waals surface area (Å²) in [5, 5.41) is -0.101. The third-order valence-corrected chi connectivity index (χ3v) is 3.98. The first-order chi connectivity index (χ1) is 10.9. The molecular formula is C16H13BrClF2NO2. The van der Waals surface area contributed by atoms with Crippen molar-refractivity contribution in [3.63, 3.8) is 0 Å². The predicted octanol–water partition coefficient (Wildman–Crippen LogP) is 4.76. The van der Waals surface area contributed by atoms with Gasteiger partial charge in [0.15, 0.2) is 0 Å². The Labute approximate surface area is 145 Å². The van der Waals surface area contributed by atoms with Crippen LogP contribution in [0.3, 0.4) is 0 Å². The van der Waals surface area contributed by atoms with Crippen molar-refractivity contribution in [1.29, 1.82) is 0 Å². The number of hydrogen-bond donors (Lipinski definition) is 0. The maximum Gasteiger partial charge on any atom is 0.269 e. The van der Waals surface area contributed by atoms with Crippen molar-refractivity contribution in [3.05, 3.63) is 62.8 Å². The molecular weight excluding hydrogens is 392 g/mol. The molecule has 1 heterocycles. The van der Waals surface area contributed by atoms with E-state index in [1.54, 1.807) is 24.3 Å². The van der Waals surface area contributed by atoms with Crippen LogP contribution in [-0.2, 0) is 6.54 Å². The number of alkyl halides is 2. The van der Waals surface area contributed by atoms with Crippen LogP contribution in [0.25, 0.3) is 11.3 Å². The monoisotopic (exact) mass is 403 g/mol. The highest BCUT2D eigenvalue weighted by Gasteiger charge is 2.15. The molecule has 122 valence electrons. The van der Waals surface area contributed by atoms with Crippen LogP contribution in [-0.4, -0.2) is 17.6 Å². The Hall–Kier alpha value is -1.66. The van der Waals surface area contributed by atoms with Gasteiger partial charge in [0.25, 0.3) is 12.0 Å². The Morgan fingerprint density at radius 2 is 2.09 bits per heavy atom. The van der Waals surface area contributed by atoms with Crippen LogP contribution >= 0.6 is 27.5 Å². The SMILES string of the molecule is C=CCOc1ccc(-c2ccc(Cl)c(=O)n2CC(F)F)c(Br)c1. The molecule has 0 saturated heterocycles. The largest absolute Gasteiger partial charge is 0.490 e. The molecule has 2 aromatic rings. The van der Waals surface area contributed by atoms with Gasteiger partial charge in [0, 0.05) is 10.0 Å². The first-order valence-electron chi connectivity index (χ1n) is 6.65. The summed E-state index contributed by atoms with van der Waals surface area (Å²) in [7, 11) is 0. The second-order valence-corrected chi connectivity index (χ2v) is 5.88. The third-order valence-electron chi connectivity index (χ3n) is 3.03. The maximum atomic E-state index is 12.8. The predicted molar refractivity (Wildman–Crippen MR) is 90.5 cm³/mol. The van der Waals surface area contributed by atoms with Crippen LogP contribution in [0.1, 0.15) is 0 Å². The zero-order valence-electron chi connectivity index (χ0n) is 11.9. The van der Waals surface area contributed by atoms with E-state index in [-0.39, 0.29) is 5.02 Å². The fraction of sp³-hybridized carbons (Fsp3) is 0.188. The fourth-order valence-corrected chi connectivity index (χ4v) is 2.78. The van der Waals surface area contributed by atoms with Crippen LogP contribution in [0.4, 0.5) is 8.78 Å². The first-order valence-corrected chi connectivity index (χ1v) is 7.82. The molecule has 0 aliphatic carbocycles. The zero-order valence-corrected chi connectivity index (χ0v) is 14.3. The van der Waals surface area contributed by atoms with Gasteiger partial charge in [-0.1, -0.05) is 24.3 Å². The molecule has 0 N–H and O–H groups in total. The summed E-state index contributed by atoms with van der Waals surface area (Å²) in [5.74, 6) is 0.595. The molecule has 1 aromatic carbocycles. The van der Waals surface area contributed by atoms with Crippen LogP contribution in [0, 0.1) is 0 Å². The van der Waals surface area contributed by atoms with E-state index in [9.17, 15) is 13.6 Å². The van der Waals surface area contributed by atoms with Crippen molar-refractivity contribution in [2.75, 3.05) is 6.61 Å². The highest BCUT2D eigenvalue weighted by atomic mass is 79.9. The van der Waals surface area contributed by atoms with Gasteiger partial charge in [0.05, 0.1) is 12.2 Å². The molecule has 3 nitrogen and oxygen atoms in total. The highest BCUT2D eigenvalue weighted by Crippen LogP contribution is 2.31. The summed E-state index contributed by atoms with van der Waals surface area (Å²) in [6.07, 6.45) is -1.06. The lowest BCUT2D eigenvalue weighted by atomic mass is 10.1. The topological polar surface area (TPSA) is 31.2 Å². The lowest BCUT2D eigenvalue weighted by Crippen LogP contribution is -2.25. The minimum absolute atomic E-state index is 0.101. The van der Waals surface area contributed by atoms with Crippen molar-refractivity contribution in [2.24, 2.45) is 0 Å². The second-order valence-electron chi connectivity index (χ2n) is 4.61. The standard InChI is InChI=1S/C16H13BrClF2NO2/c1-2-7-23-10-3-4-11(12(17)8-10)14-6-5-13(18)16(22)21(14)9-15(19)20/h2-6,8,15H,1,7,9H2. The van der Waals surface area contributed by atoms with Crippen molar-refractivity contribution in [2.45, 2.75) is 13.0 Å². The Morgan fingerprint density at radius 1 is 1.35 bits per heavy atom. The van der Waals surface area contributed by atoms with Crippen molar-refractivity contribution in [1.82, 2.24) is 4.57 Å². The first kappa shape index (κ1) is 17.7. The van der Waals surface area contributed by atoms with E-state index in [2.05, 4.69) is 22.5 Å². The van der Waals surface area contributed by atoms with E-state index in [1.165, 1.54) is 12.1 Å². The molecule has 0 aliphatic heterocycles. The molecule has 0 unspecified atom stereocenters. The van der Waals surface area contributed by atoms with Gasteiger partial charge in [-0.25, -0.2) is 8.78 Å². The number of rotatable bonds is 6. The molecule has 0 aliphatic rings. The van der Waals surface area contributed by atoms with Gasteiger partial charge < -0.3 is 9.30 Å². The molecule has 0 fully saturated rings. The van der Waals surface area contributed by atoms with Crippen LogP contribution < -0.4 is 10.3 Å². The maximum absolute atomic E-state index is 12.8. The summed E-state index contributed by atoms with van der Waals surface area (Å²) < 4.78 is 32.6. The van der Waals surface area contributed by atoms with Crippen LogP contribution in [0.5, 0.6) is 5.75 Å². The van der Waals surface area contributed by atoms with Crippen molar-refractivity contribution < 1.29 is 13.5 Å². The van der Waals surface area contributed by atoms with Gasteiger partial charge >= 0.3 is 0 Å². The molecule has 7 heteroatoms. The van der Waals surface area contributed by atoms with E-state index in [1.807, 2.05) is 0 Å². The Morgan fingerprint density at radius 3 is 2.70 bits per heavy atom. The molecule has 0 saturated carbocycles. The number of pyridine rings is 1. The number of ether oxygens (including phenoxy) is 1. The summed E-state index contributed by atoms with van der Waals surface area (Å²) >= 11 is 9.14. The molecule has 0 bridgehead atoms. The molecule has 2 rings (SSSR count). The Kier molecular flexibility index (Phi) is 5.96. The number of nitrogens with zero attached hydrogens (tertiary/aromatic N) is 1. The average molecular weight is 405 g/mol. The molecule has 1 aromatic heterocycles. The van der Waals surface area contributed by atoms with Crippen LogP contribution in [0.2, 0.25) is 5.02 Å². The summed E-state index contributed by atoms with van der Waals surface area (Å²) in [4.78, 5) is 12.1. The van der Waals surface area contributed by atoms with E-state index in [4.69, 9.17) is 16.3 Å². The average Bonchev–Trinajstić information content (AvgIpc) is 2.50. The molecule has 0 radical (unpaired) electrons. The van der Waals surface area contributed by atoms with Crippen molar-refractivity contribution >= 4 is 27.5 Å². The second kappa shape index (κ2) is 7.75. The van der Waals surface area contributed by atoms with E-state index >= 15 is 0 Å². The van der Waals surface area contributed by atoms with Gasteiger partial charge in [-0.05, 0) is 46.3 Å². The number of benzene rings is 1. The number of aromatic nitrogens is 1. The van der Waals surface area contributed by atoms with E-state index < -0.39 is 18.5 Å². The van der Waals surface area contributed by atoms with Gasteiger partial charge in [0.1, 0.15) is 17.4 Å². The zero-order chi connectivity index (χ0) is 17.0. The Bertz CT molecular complexity index is 777. The molecule has 0 atom stereocenters. The lowest BCUT2D eigenvalue weighted by molar-refractivity contribution is 0.126. The third kappa shape index (κ3) is 4.20. The van der Waals surface area contributed by atoms with E-state index in [0.29, 0.717) is 28.1 Å². The van der Waals surface area contributed by atoms with Gasteiger partial charge in [-0.3, -0.25) is 4.79 Å². The highest BCUT2D eigenvalue weighted by molar-refractivity contribution is 9.10. The normalized spacial score (nSPS) is 10.8. The summed E-state index contributed by atoms with van der Waals surface area (Å²) in [6.45, 7) is 3.19. The summed E-state index contributed by atoms with van der Waals surface area (Å²) in [6, 6.07) is 8.01. The number of hydrogen-bond acceptors (Lipinski definition) is 2. The van der Waals surface area contributed by atoms with Crippen LogP contribution in [0.15, 0.2) is 52.3 Å². The minimum atomic E-state index is -2.67. The van der Waals surface area contributed by atoms with Crippen molar-refractivity contribution in [3.8, 4) is 17.0 Å². The Balaban J connectivity index is 2.51. The summed E-state index contributed by atoms with van der Waals surface area (Å²) in [5.41, 5.74) is 0.288. The molecule has 0 amide bonds. The smallest absolute Gasteiger partial charge is 0.269 e. The quantitative estimate of drug-likeness (QED) is 0.650. The lowest BCUT2D eigenvalue weighted by Gasteiger charge is -2.15. The van der Waals surface area contributed by atoms with Gasteiger partial charge in [-0.2, -0.15) is 0 Å². The van der Waals surface area contributed by atoms with E-state index in [0.717, 1.165) is 4.57 Å². The minimum Gasteiger partial charge on any atom is -0.490 e.